The van der Waals surface area contributed by atoms with Gasteiger partial charge in [0.15, 0.2) is 5.82 Å². The Morgan fingerprint density at radius 3 is 2.89 bits per heavy atom. The molecule has 1 atom stereocenters. The molecule has 1 aliphatic heterocycles. The molecule has 0 unspecified atom stereocenters. The van der Waals surface area contributed by atoms with Crippen LogP contribution in [-0.4, -0.2) is 37.6 Å². The molecule has 6 nitrogen and oxygen atoms in total. The first-order valence-electron chi connectivity index (χ1n) is 6.17. The van der Waals surface area contributed by atoms with E-state index in [2.05, 4.69) is 10.6 Å². The number of anilines is 2. The monoisotopic (exact) mass is 268 g/mol. The van der Waals surface area contributed by atoms with Gasteiger partial charge in [-0.2, -0.15) is 0 Å². The Labute approximate surface area is 110 Å². The van der Waals surface area contributed by atoms with Crippen molar-refractivity contribution in [2.24, 2.45) is 0 Å². The molecule has 19 heavy (non-hydrogen) atoms. The van der Waals surface area contributed by atoms with E-state index in [-0.39, 0.29) is 11.7 Å². The molecule has 0 saturated carbocycles. The first-order chi connectivity index (χ1) is 9.04. The van der Waals surface area contributed by atoms with Gasteiger partial charge in [0.25, 0.3) is 5.69 Å². The van der Waals surface area contributed by atoms with E-state index in [1.807, 2.05) is 11.8 Å². The molecule has 7 heteroatoms. The predicted molar refractivity (Wildman–Crippen MR) is 72.3 cm³/mol. The second kappa shape index (κ2) is 5.40. The number of rotatable bonds is 3. The van der Waals surface area contributed by atoms with Gasteiger partial charge in [-0.3, -0.25) is 10.1 Å². The molecule has 1 saturated heterocycles. The van der Waals surface area contributed by atoms with Crippen molar-refractivity contribution in [3.05, 3.63) is 28.1 Å². The van der Waals surface area contributed by atoms with Gasteiger partial charge in [0, 0.05) is 32.7 Å². The van der Waals surface area contributed by atoms with Crippen LogP contribution in [0, 0.1) is 15.9 Å². The smallest absolute Gasteiger partial charge is 0.295 e. The molecule has 0 aromatic heterocycles. The number of hydrogen-bond acceptors (Lipinski definition) is 5. The zero-order valence-corrected chi connectivity index (χ0v) is 10.9. The lowest BCUT2D eigenvalue weighted by molar-refractivity contribution is -0.384. The molecule has 0 aliphatic carbocycles. The highest BCUT2D eigenvalue weighted by molar-refractivity contribution is 5.69. The van der Waals surface area contributed by atoms with Crippen LogP contribution in [0.5, 0.6) is 0 Å². The molecule has 1 aromatic carbocycles. The van der Waals surface area contributed by atoms with Crippen LogP contribution in [0.2, 0.25) is 0 Å². The minimum atomic E-state index is -0.583. The van der Waals surface area contributed by atoms with Crippen LogP contribution in [0.25, 0.3) is 0 Å². The Kier molecular flexibility index (Phi) is 3.84. The molecule has 0 radical (unpaired) electrons. The van der Waals surface area contributed by atoms with Gasteiger partial charge in [-0.1, -0.05) is 0 Å². The molecule has 0 bridgehead atoms. The molecule has 2 N–H and O–H groups in total. The number of nitrogens with one attached hydrogen (secondary N) is 2. The van der Waals surface area contributed by atoms with E-state index in [9.17, 15) is 14.5 Å². The fourth-order valence-corrected chi connectivity index (χ4v) is 2.32. The summed E-state index contributed by atoms with van der Waals surface area (Å²) in [7, 11) is 1.59. The third-order valence-corrected chi connectivity index (χ3v) is 3.34. The van der Waals surface area contributed by atoms with Crippen LogP contribution in [0.4, 0.5) is 21.5 Å². The minimum absolute atomic E-state index is 0.148. The van der Waals surface area contributed by atoms with Crippen molar-refractivity contribution in [3.8, 4) is 0 Å². The van der Waals surface area contributed by atoms with E-state index < -0.39 is 10.7 Å². The second-order valence-corrected chi connectivity index (χ2v) is 4.57. The fourth-order valence-electron chi connectivity index (χ4n) is 2.32. The van der Waals surface area contributed by atoms with Gasteiger partial charge in [0.2, 0.25) is 0 Å². The fraction of sp³-hybridized carbons (Fsp3) is 0.500. The van der Waals surface area contributed by atoms with Crippen molar-refractivity contribution >= 4 is 17.1 Å². The van der Waals surface area contributed by atoms with Crippen LogP contribution < -0.4 is 15.5 Å². The van der Waals surface area contributed by atoms with Gasteiger partial charge in [-0.25, -0.2) is 4.39 Å². The van der Waals surface area contributed by atoms with Crippen molar-refractivity contribution in [2.75, 3.05) is 36.9 Å². The molecule has 2 rings (SSSR count). The Morgan fingerprint density at radius 2 is 2.32 bits per heavy atom. The number of hydrogen-bond donors (Lipinski definition) is 2. The van der Waals surface area contributed by atoms with Gasteiger partial charge >= 0.3 is 0 Å². The zero-order chi connectivity index (χ0) is 14.0. The maximum Gasteiger partial charge on any atom is 0.295 e. The number of nitro groups is 1. The average Bonchev–Trinajstić information content (AvgIpc) is 2.39. The van der Waals surface area contributed by atoms with Crippen LogP contribution in [-0.2, 0) is 0 Å². The number of piperazine rings is 1. The van der Waals surface area contributed by atoms with Crippen LogP contribution in [0.15, 0.2) is 12.1 Å². The summed E-state index contributed by atoms with van der Waals surface area (Å²) in [5.74, 6) is -0.556. The number of nitro benzene ring substituents is 1. The van der Waals surface area contributed by atoms with E-state index in [1.165, 1.54) is 6.07 Å². The van der Waals surface area contributed by atoms with Crippen molar-refractivity contribution < 1.29 is 9.31 Å². The summed E-state index contributed by atoms with van der Waals surface area (Å²) in [5.41, 5.74) is 0.489. The number of benzene rings is 1. The topological polar surface area (TPSA) is 70.4 Å². The number of halogens is 1. The van der Waals surface area contributed by atoms with E-state index in [0.29, 0.717) is 17.9 Å². The lowest BCUT2D eigenvalue weighted by atomic mass is 10.1. The third-order valence-electron chi connectivity index (χ3n) is 3.34. The van der Waals surface area contributed by atoms with E-state index in [0.717, 1.165) is 19.2 Å². The molecular weight excluding hydrogens is 251 g/mol. The summed E-state index contributed by atoms with van der Waals surface area (Å²) < 4.78 is 14.1. The van der Waals surface area contributed by atoms with Crippen LogP contribution in [0.3, 0.4) is 0 Å². The maximum absolute atomic E-state index is 14.1. The highest BCUT2D eigenvalue weighted by Gasteiger charge is 2.25. The molecule has 1 heterocycles. The first kappa shape index (κ1) is 13.5. The Morgan fingerprint density at radius 1 is 1.58 bits per heavy atom. The van der Waals surface area contributed by atoms with Gasteiger partial charge in [0.1, 0.15) is 5.69 Å². The lowest BCUT2D eigenvalue weighted by Crippen LogP contribution is -2.50. The molecule has 0 amide bonds. The average molecular weight is 268 g/mol. The zero-order valence-electron chi connectivity index (χ0n) is 10.9. The van der Waals surface area contributed by atoms with E-state index >= 15 is 0 Å². The summed E-state index contributed by atoms with van der Waals surface area (Å²) in [6.07, 6.45) is 0. The molecule has 1 fully saturated rings. The Hall–Kier alpha value is -1.89. The highest BCUT2D eigenvalue weighted by Crippen LogP contribution is 2.33. The predicted octanol–water partition coefficient (Wildman–Crippen LogP) is 1.57. The summed E-state index contributed by atoms with van der Waals surface area (Å²) >= 11 is 0. The molecule has 1 aliphatic rings. The summed E-state index contributed by atoms with van der Waals surface area (Å²) in [5, 5.41) is 16.8. The van der Waals surface area contributed by atoms with Gasteiger partial charge in [0.05, 0.1) is 16.7 Å². The van der Waals surface area contributed by atoms with Crippen molar-refractivity contribution in [3.63, 3.8) is 0 Å². The molecule has 1 aromatic rings. The lowest BCUT2D eigenvalue weighted by Gasteiger charge is -2.36. The third kappa shape index (κ3) is 2.60. The summed E-state index contributed by atoms with van der Waals surface area (Å²) in [6.45, 7) is 4.21. The van der Waals surface area contributed by atoms with Crippen molar-refractivity contribution in [1.29, 1.82) is 0 Å². The Balaban J connectivity index is 2.43. The van der Waals surface area contributed by atoms with Crippen LogP contribution >= 0.6 is 0 Å². The highest BCUT2D eigenvalue weighted by atomic mass is 19.1. The second-order valence-electron chi connectivity index (χ2n) is 4.57. The van der Waals surface area contributed by atoms with Crippen molar-refractivity contribution in [1.82, 2.24) is 5.32 Å². The maximum atomic E-state index is 14.1. The molecule has 104 valence electrons. The summed E-state index contributed by atoms with van der Waals surface area (Å²) in [4.78, 5) is 12.2. The largest absolute Gasteiger partial charge is 0.383 e. The minimum Gasteiger partial charge on any atom is -0.383 e. The Bertz CT molecular complexity index is 495. The molecule has 0 spiro atoms. The van der Waals surface area contributed by atoms with E-state index in [1.54, 1.807) is 7.05 Å². The van der Waals surface area contributed by atoms with E-state index in [4.69, 9.17) is 0 Å². The number of nitrogens with zero attached hydrogens (tertiary/aromatic N) is 2. The van der Waals surface area contributed by atoms with Gasteiger partial charge in [-0.15, -0.1) is 0 Å². The summed E-state index contributed by atoms with van der Waals surface area (Å²) in [6, 6.07) is 2.64. The van der Waals surface area contributed by atoms with Gasteiger partial charge in [-0.05, 0) is 13.0 Å². The van der Waals surface area contributed by atoms with Crippen molar-refractivity contribution in [2.45, 2.75) is 13.0 Å². The first-order valence-corrected chi connectivity index (χ1v) is 6.17. The SMILES string of the molecule is CNc1cc(N2CCNC[C@@H]2C)c(F)cc1[N+](=O)[O-]. The normalized spacial score (nSPS) is 19.3. The quantitative estimate of drug-likeness (QED) is 0.643. The van der Waals surface area contributed by atoms with Gasteiger partial charge < -0.3 is 15.5 Å². The molecular formula is C12H17FN4O2. The van der Waals surface area contributed by atoms with Crippen LogP contribution in [0.1, 0.15) is 6.92 Å². The standard InChI is InChI=1S/C12H17FN4O2/c1-8-7-15-3-4-16(8)11-6-10(14-2)12(17(18)19)5-9(11)13/h5-6,8,14-15H,3-4,7H2,1-2H3/t8-/m0/s1.